The summed E-state index contributed by atoms with van der Waals surface area (Å²) in [5.74, 6) is 2.74. The second-order valence-corrected chi connectivity index (χ2v) is 7.11. The van der Waals surface area contributed by atoms with E-state index in [1.807, 2.05) is 25.3 Å². The van der Waals surface area contributed by atoms with Gasteiger partial charge in [0, 0.05) is 44.5 Å². The fraction of sp³-hybridized carbons (Fsp3) is 0.333. The Balaban J connectivity index is 1.38. The molecule has 1 fully saturated rings. The number of nitrogens with zero attached hydrogens (tertiary/aromatic N) is 6. The normalized spacial score (nSPS) is 13.8. The van der Waals surface area contributed by atoms with Gasteiger partial charge in [0.25, 0.3) is 0 Å². The summed E-state index contributed by atoms with van der Waals surface area (Å²) in [6.07, 6.45) is 3.41. The number of hydrogen-bond acceptors (Lipinski definition) is 7. The Bertz CT molecular complexity index is 1060. The molecule has 0 spiro atoms. The van der Waals surface area contributed by atoms with E-state index in [0.717, 1.165) is 11.5 Å². The van der Waals surface area contributed by atoms with Crippen LogP contribution in [-0.2, 0) is 0 Å². The standard InChI is InChI=1S/C21H25N7O3/c1-15-6-7-28(25-15)20-13-19(22-14-23-20)26-8-10-27(11-9-26)21(29)24-17-5-4-16(30-2)12-18(17)31-3/h4-7,12-14H,8-11H2,1-3H3,(H,24,29). The molecule has 1 aromatic carbocycles. The van der Waals surface area contributed by atoms with Gasteiger partial charge in [0.05, 0.1) is 25.6 Å². The third-order valence-corrected chi connectivity index (χ3v) is 5.14. The lowest BCUT2D eigenvalue weighted by atomic mass is 10.2. The first-order valence-corrected chi connectivity index (χ1v) is 9.95. The predicted octanol–water partition coefficient (Wildman–Crippen LogP) is 2.34. The Kier molecular flexibility index (Phi) is 5.87. The highest BCUT2D eigenvalue weighted by Gasteiger charge is 2.23. The predicted molar refractivity (Wildman–Crippen MR) is 116 cm³/mol. The number of methoxy groups -OCH3 is 2. The molecular formula is C21H25N7O3. The zero-order valence-electron chi connectivity index (χ0n) is 17.8. The van der Waals surface area contributed by atoms with E-state index in [4.69, 9.17) is 9.47 Å². The number of benzene rings is 1. The molecule has 0 aliphatic carbocycles. The second kappa shape index (κ2) is 8.90. The highest BCUT2D eigenvalue weighted by molar-refractivity contribution is 5.91. The summed E-state index contributed by atoms with van der Waals surface area (Å²) < 4.78 is 12.3. The zero-order valence-corrected chi connectivity index (χ0v) is 17.8. The van der Waals surface area contributed by atoms with Crippen molar-refractivity contribution in [3.05, 3.63) is 48.5 Å². The topological polar surface area (TPSA) is 97.6 Å². The Morgan fingerprint density at radius 2 is 1.77 bits per heavy atom. The van der Waals surface area contributed by atoms with Gasteiger partial charge in [-0.1, -0.05) is 0 Å². The van der Waals surface area contributed by atoms with Gasteiger partial charge in [-0.25, -0.2) is 19.4 Å². The number of aromatic nitrogens is 4. The van der Waals surface area contributed by atoms with Crippen LogP contribution in [0.3, 0.4) is 0 Å². The van der Waals surface area contributed by atoms with Gasteiger partial charge in [-0.2, -0.15) is 5.10 Å². The smallest absolute Gasteiger partial charge is 0.322 e. The van der Waals surface area contributed by atoms with Crippen molar-refractivity contribution in [2.45, 2.75) is 6.92 Å². The molecule has 0 radical (unpaired) electrons. The SMILES string of the molecule is COc1ccc(NC(=O)N2CCN(c3cc(-n4ccc(C)n4)ncn3)CC2)c(OC)c1. The maximum Gasteiger partial charge on any atom is 0.322 e. The van der Waals surface area contributed by atoms with Gasteiger partial charge in [0.15, 0.2) is 5.82 Å². The maximum absolute atomic E-state index is 12.7. The quantitative estimate of drug-likeness (QED) is 0.673. The van der Waals surface area contributed by atoms with Crippen molar-refractivity contribution in [2.24, 2.45) is 0 Å². The zero-order chi connectivity index (χ0) is 21.8. The molecule has 1 aliphatic heterocycles. The fourth-order valence-corrected chi connectivity index (χ4v) is 3.41. The van der Waals surface area contributed by atoms with Gasteiger partial charge < -0.3 is 24.6 Å². The number of aryl methyl sites for hydroxylation is 1. The largest absolute Gasteiger partial charge is 0.497 e. The van der Waals surface area contributed by atoms with Crippen molar-refractivity contribution in [1.29, 1.82) is 0 Å². The molecule has 162 valence electrons. The molecule has 4 rings (SSSR count). The summed E-state index contributed by atoms with van der Waals surface area (Å²) in [6.45, 7) is 4.42. The van der Waals surface area contributed by atoms with Crippen LogP contribution in [0.15, 0.2) is 42.9 Å². The fourth-order valence-electron chi connectivity index (χ4n) is 3.41. The Hall–Kier alpha value is -3.82. The van der Waals surface area contributed by atoms with Crippen molar-refractivity contribution in [1.82, 2.24) is 24.6 Å². The second-order valence-electron chi connectivity index (χ2n) is 7.11. The van der Waals surface area contributed by atoms with Crippen LogP contribution in [0.1, 0.15) is 5.69 Å². The summed E-state index contributed by atoms with van der Waals surface area (Å²) in [6, 6.07) is 8.95. The average molecular weight is 423 g/mol. The van der Waals surface area contributed by atoms with E-state index >= 15 is 0 Å². The molecule has 0 unspecified atom stereocenters. The number of rotatable bonds is 5. The Morgan fingerprint density at radius 3 is 2.45 bits per heavy atom. The van der Waals surface area contributed by atoms with Gasteiger partial charge in [0.1, 0.15) is 23.6 Å². The lowest BCUT2D eigenvalue weighted by Crippen LogP contribution is -2.50. The highest BCUT2D eigenvalue weighted by Crippen LogP contribution is 2.29. The monoisotopic (exact) mass is 423 g/mol. The summed E-state index contributed by atoms with van der Waals surface area (Å²) in [4.78, 5) is 25.4. The van der Waals surface area contributed by atoms with Crippen LogP contribution in [-0.4, -0.2) is 71.1 Å². The van der Waals surface area contributed by atoms with E-state index in [0.29, 0.717) is 49.2 Å². The molecule has 0 bridgehead atoms. The number of urea groups is 1. The lowest BCUT2D eigenvalue weighted by Gasteiger charge is -2.35. The molecule has 0 saturated carbocycles. The minimum Gasteiger partial charge on any atom is -0.497 e. The summed E-state index contributed by atoms with van der Waals surface area (Å²) in [5, 5.41) is 7.32. The number of nitrogens with one attached hydrogen (secondary N) is 1. The Morgan fingerprint density at radius 1 is 1.00 bits per heavy atom. The summed E-state index contributed by atoms with van der Waals surface area (Å²) in [7, 11) is 3.15. The number of hydrogen-bond donors (Lipinski definition) is 1. The van der Waals surface area contributed by atoms with Crippen LogP contribution in [0, 0.1) is 6.92 Å². The molecule has 1 N–H and O–H groups in total. The van der Waals surface area contributed by atoms with E-state index < -0.39 is 0 Å². The molecule has 31 heavy (non-hydrogen) atoms. The number of amides is 2. The van der Waals surface area contributed by atoms with E-state index in [1.165, 1.54) is 6.33 Å². The van der Waals surface area contributed by atoms with Gasteiger partial charge in [-0.05, 0) is 25.1 Å². The molecule has 0 atom stereocenters. The number of ether oxygens (including phenoxy) is 2. The van der Waals surface area contributed by atoms with E-state index in [1.54, 1.807) is 42.0 Å². The third kappa shape index (κ3) is 4.52. The molecule has 2 aromatic heterocycles. The van der Waals surface area contributed by atoms with Crippen molar-refractivity contribution in [3.8, 4) is 17.3 Å². The molecule has 1 saturated heterocycles. The molecule has 3 aromatic rings. The summed E-state index contributed by atoms with van der Waals surface area (Å²) >= 11 is 0. The van der Waals surface area contributed by atoms with Crippen molar-refractivity contribution < 1.29 is 14.3 Å². The van der Waals surface area contributed by atoms with Crippen LogP contribution in [0.5, 0.6) is 11.5 Å². The molecular weight excluding hydrogens is 398 g/mol. The maximum atomic E-state index is 12.7. The van der Waals surface area contributed by atoms with Gasteiger partial charge in [0.2, 0.25) is 0 Å². The number of carbonyl (C=O) groups is 1. The number of carbonyl (C=O) groups excluding carboxylic acids is 1. The van der Waals surface area contributed by atoms with Crippen LogP contribution in [0.4, 0.5) is 16.3 Å². The lowest BCUT2D eigenvalue weighted by molar-refractivity contribution is 0.208. The van der Waals surface area contributed by atoms with Crippen LogP contribution < -0.4 is 19.7 Å². The molecule has 10 heteroatoms. The van der Waals surface area contributed by atoms with Gasteiger partial charge in [-0.15, -0.1) is 0 Å². The van der Waals surface area contributed by atoms with Gasteiger partial charge in [-0.3, -0.25) is 0 Å². The minimum atomic E-state index is -0.168. The van der Waals surface area contributed by atoms with E-state index in [-0.39, 0.29) is 6.03 Å². The van der Waals surface area contributed by atoms with Crippen molar-refractivity contribution in [3.63, 3.8) is 0 Å². The van der Waals surface area contributed by atoms with Crippen LogP contribution in [0.2, 0.25) is 0 Å². The van der Waals surface area contributed by atoms with Crippen molar-refractivity contribution >= 4 is 17.5 Å². The van der Waals surface area contributed by atoms with E-state index in [2.05, 4.69) is 25.3 Å². The minimum absolute atomic E-state index is 0.168. The van der Waals surface area contributed by atoms with Gasteiger partial charge >= 0.3 is 6.03 Å². The first-order valence-electron chi connectivity index (χ1n) is 9.95. The first kappa shape index (κ1) is 20.5. The van der Waals surface area contributed by atoms with Crippen LogP contribution >= 0.6 is 0 Å². The first-order chi connectivity index (χ1) is 15.1. The van der Waals surface area contributed by atoms with Crippen molar-refractivity contribution in [2.75, 3.05) is 50.6 Å². The molecule has 2 amide bonds. The molecule has 10 nitrogen and oxygen atoms in total. The Labute approximate surface area is 180 Å². The number of anilines is 2. The van der Waals surface area contributed by atoms with E-state index in [9.17, 15) is 4.79 Å². The molecule has 1 aliphatic rings. The highest BCUT2D eigenvalue weighted by atomic mass is 16.5. The summed E-state index contributed by atoms with van der Waals surface area (Å²) in [5.41, 5.74) is 1.53. The van der Waals surface area contributed by atoms with Crippen LogP contribution in [0.25, 0.3) is 5.82 Å². The number of piperazine rings is 1. The third-order valence-electron chi connectivity index (χ3n) is 5.14. The average Bonchev–Trinajstić information content (AvgIpc) is 3.26. The molecule has 3 heterocycles.